The first-order valence-electron chi connectivity index (χ1n) is 7.77. The van der Waals surface area contributed by atoms with Gasteiger partial charge in [-0.15, -0.1) is 11.3 Å². The van der Waals surface area contributed by atoms with Crippen molar-refractivity contribution in [3.8, 4) is 0 Å². The second kappa shape index (κ2) is 7.38. The largest absolute Gasteiger partial charge is 0.340 e. The molecule has 24 heavy (non-hydrogen) atoms. The average Bonchev–Trinajstić information content (AvgIpc) is 3.11. The molecule has 3 rings (SSSR count). The molecule has 4 nitrogen and oxygen atoms in total. The smallest absolute Gasteiger partial charge is 0.271 e. The standard InChI is InChI=1S/C19H19N3OS/c1-13(20)19-21-16(12-24-19)18(23)22-17(14-8-4-2-5-9-14)15-10-6-3-7-11-15/h2-13,17H,20H2,1H3,(H,22,23). The third-order valence-corrected chi connectivity index (χ3v) is 4.73. The van der Waals surface area contributed by atoms with E-state index in [1.165, 1.54) is 11.3 Å². The lowest BCUT2D eigenvalue weighted by molar-refractivity contribution is 0.0938. The Morgan fingerprint density at radius 1 is 1.04 bits per heavy atom. The fraction of sp³-hybridized carbons (Fsp3) is 0.158. The number of nitrogens with two attached hydrogens (primary N) is 1. The van der Waals surface area contributed by atoms with Crippen LogP contribution < -0.4 is 11.1 Å². The Hall–Kier alpha value is -2.50. The molecule has 0 saturated carbocycles. The molecule has 0 bridgehead atoms. The van der Waals surface area contributed by atoms with Crippen LogP contribution in [0.1, 0.15) is 45.6 Å². The third kappa shape index (κ3) is 3.69. The van der Waals surface area contributed by atoms with E-state index in [4.69, 9.17) is 5.73 Å². The number of rotatable bonds is 5. The first kappa shape index (κ1) is 16.4. The van der Waals surface area contributed by atoms with Crippen molar-refractivity contribution in [2.45, 2.75) is 19.0 Å². The lowest BCUT2D eigenvalue weighted by Crippen LogP contribution is -2.29. The quantitative estimate of drug-likeness (QED) is 0.746. The lowest BCUT2D eigenvalue weighted by atomic mass is 9.98. The van der Waals surface area contributed by atoms with Crippen molar-refractivity contribution in [3.63, 3.8) is 0 Å². The molecule has 0 saturated heterocycles. The van der Waals surface area contributed by atoms with Crippen LogP contribution in [-0.4, -0.2) is 10.9 Å². The summed E-state index contributed by atoms with van der Waals surface area (Å²) < 4.78 is 0. The Labute approximate surface area is 145 Å². The zero-order valence-corrected chi connectivity index (χ0v) is 14.2. The highest BCUT2D eigenvalue weighted by Gasteiger charge is 2.19. The maximum atomic E-state index is 12.6. The van der Waals surface area contributed by atoms with E-state index in [0.29, 0.717) is 5.69 Å². The van der Waals surface area contributed by atoms with E-state index in [9.17, 15) is 4.79 Å². The van der Waals surface area contributed by atoms with E-state index in [1.54, 1.807) is 5.38 Å². The molecule has 0 aliphatic rings. The fourth-order valence-electron chi connectivity index (χ4n) is 2.46. The highest BCUT2D eigenvalue weighted by molar-refractivity contribution is 7.09. The topological polar surface area (TPSA) is 68.0 Å². The van der Waals surface area contributed by atoms with Gasteiger partial charge in [-0.05, 0) is 18.1 Å². The van der Waals surface area contributed by atoms with Crippen molar-refractivity contribution >= 4 is 17.2 Å². The minimum Gasteiger partial charge on any atom is -0.340 e. The SMILES string of the molecule is CC(N)c1nc(C(=O)NC(c2ccccc2)c2ccccc2)cs1. The predicted octanol–water partition coefficient (Wildman–Crippen LogP) is 3.68. The van der Waals surface area contributed by atoms with Crippen LogP contribution in [0, 0.1) is 0 Å². The number of benzene rings is 2. The first-order chi connectivity index (χ1) is 11.6. The zero-order chi connectivity index (χ0) is 16.9. The Bertz CT molecular complexity index is 760. The minimum absolute atomic E-state index is 0.171. The summed E-state index contributed by atoms with van der Waals surface area (Å²) in [4.78, 5) is 17.0. The van der Waals surface area contributed by atoms with Gasteiger partial charge in [-0.2, -0.15) is 0 Å². The molecule has 0 spiro atoms. The number of nitrogens with one attached hydrogen (secondary N) is 1. The van der Waals surface area contributed by atoms with Gasteiger partial charge in [0.15, 0.2) is 0 Å². The fourth-order valence-corrected chi connectivity index (χ4v) is 3.21. The van der Waals surface area contributed by atoms with Gasteiger partial charge >= 0.3 is 0 Å². The summed E-state index contributed by atoms with van der Waals surface area (Å²) in [5.41, 5.74) is 8.29. The molecule has 1 atom stereocenters. The summed E-state index contributed by atoms with van der Waals surface area (Å²) in [5, 5.41) is 5.59. The molecule has 0 aliphatic heterocycles. The van der Waals surface area contributed by atoms with Gasteiger partial charge in [-0.3, -0.25) is 4.79 Å². The minimum atomic E-state index is -0.222. The number of hydrogen-bond donors (Lipinski definition) is 2. The van der Waals surface area contributed by atoms with Crippen molar-refractivity contribution in [1.82, 2.24) is 10.3 Å². The van der Waals surface area contributed by atoms with Crippen molar-refractivity contribution in [1.29, 1.82) is 0 Å². The molecule has 0 aliphatic carbocycles. The van der Waals surface area contributed by atoms with Crippen LogP contribution in [0.4, 0.5) is 0 Å². The molecule has 3 aromatic rings. The van der Waals surface area contributed by atoms with Gasteiger partial charge in [0.1, 0.15) is 10.7 Å². The molecule has 1 amide bonds. The van der Waals surface area contributed by atoms with Gasteiger partial charge in [0.2, 0.25) is 0 Å². The Kier molecular flexibility index (Phi) is 5.03. The number of carbonyl (C=O) groups excluding carboxylic acids is 1. The van der Waals surface area contributed by atoms with E-state index >= 15 is 0 Å². The highest BCUT2D eigenvalue weighted by atomic mass is 32.1. The maximum absolute atomic E-state index is 12.6. The van der Waals surface area contributed by atoms with Crippen LogP contribution in [0.3, 0.4) is 0 Å². The van der Waals surface area contributed by atoms with E-state index in [-0.39, 0.29) is 18.0 Å². The maximum Gasteiger partial charge on any atom is 0.271 e. The second-order valence-corrected chi connectivity index (χ2v) is 6.48. The van der Waals surface area contributed by atoms with Crippen LogP contribution in [0.5, 0.6) is 0 Å². The molecule has 2 aromatic carbocycles. The van der Waals surface area contributed by atoms with E-state index in [1.807, 2.05) is 67.6 Å². The van der Waals surface area contributed by atoms with Gasteiger partial charge in [0, 0.05) is 5.38 Å². The van der Waals surface area contributed by atoms with Gasteiger partial charge < -0.3 is 11.1 Å². The van der Waals surface area contributed by atoms with Crippen molar-refractivity contribution < 1.29 is 4.79 Å². The zero-order valence-electron chi connectivity index (χ0n) is 13.3. The summed E-state index contributed by atoms with van der Waals surface area (Å²) in [6, 6.07) is 19.4. The molecule has 5 heteroatoms. The van der Waals surface area contributed by atoms with E-state index in [2.05, 4.69) is 10.3 Å². The summed E-state index contributed by atoms with van der Waals surface area (Å²) in [6.07, 6.45) is 0. The molecular formula is C19H19N3OS. The molecule has 1 unspecified atom stereocenters. The summed E-state index contributed by atoms with van der Waals surface area (Å²) >= 11 is 1.41. The first-order valence-corrected chi connectivity index (χ1v) is 8.65. The van der Waals surface area contributed by atoms with Crippen LogP contribution in [0.2, 0.25) is 0 Å². The third-order valence-electron chi connectivity index (χ3n) is 3.69. The normalized spacial score (nSPS) is 12.1. The van der Waals surface area contributed by atoms with Crippen molar-refractivity contribution in [2.24, 2.45) is 5.73 Å². The molecule has 1 heterocycles. The number of hydrogen-bond acceptors (Lipinski definition) is 4. The predicted molar refractivity (Wildman–Crippen MR) is 96.9 cm³/mol. The van der Waals surface area contributed by atoms with Crippen LogP contribution in [0.25, 0.3) is 0 Å². The number of nitrogens with zero attached hydrogens (tertiary/aromatic N) is 1. The van der Waals surface area contributed by atoms with Crippen molar-refractivity contribution in [2.75, 3.05) is 0 Å². The van der Waals surface area contributed by atoms with Gasteiger partial charge in [-0.1, -0.05) is 60.7 Å². The monoisotopic (exact) mass is 337 g/mol. The Balaban J connectivity index is 1.88. The molecule has 122 valence electrons. The van der Waals surface area contributed by atoms with E-state index < -0.39 is 0 Å². The molecule has 3 N–H and O–H groups in total. The van der Waals surface area contributed by atoms with Gasteiger partial charge in [0.25, 0.3) is 5.91 Å². The molecular weight excluding hydrogens is 318 g/mol. The average molecular weight is 337 g/mol. The summed E-state index contributed by atoms with van der Waals surface area (Å²) in [7, 11) is 0. The van der Waals surface area contributed by atoms with Gasteiger partial charge in [0.05, 0.1) is 12.1 Å². The lowest BCUT2D eigenvalue weighted by Gasteiger charge is -2.19. The van der Waals surface area contributed by atoms with Crippen LogP contribution in [0.15, 0.2) is 66.0 Å². The summed E-state index contributed by atoms with van der Waals surface area (Å²) in [5.74, 6) is -0.198. The number of amides is 1. The number of aromatic nitrogens is 1. The number of thiazole rings is 1. The highest BCUT2D eigenvalue weighted by Crippen LogP contribution is 2.23. The van der Waals surface area contributed by atoms with Gasteiger partial charge in [-0.25, -0.2) is 4.98 Å². The van der Waals surface area contributed by atoms with Crippen molar-refractivity contribution in [3.05, 3.63) is 87.9 Å². The summed E-state index contributed by atoms with van der Waals surface area (Å²) in [6.45, 7) is 1.86. The van der Waals surface area contributed by atoms with Crippen LogP contribution >= 0.6 is 11.3 Å². The van der Waals surface area contributed by atoms with Crippen LogP contribution in [-0.2, 0) is 0 Å². The molecule has 0 fully saturated rings. The Morgan fingerprint density at radius 3 is 2.04 bits per heavy atom. The molecule has 1 aromatic heterocycles. The second-order valence-electron chi connectivity index (χ2n) is 5.59. The molecule has 0 radical (unpaired) electrons. The number of carbonyl (C=O) groups is 1. The van der Waals surface area contributed by atoms with E-state index in [0.717, 1.165) is 16.1 Å². The Morgan fingerprint density at radius 2 is 1.58 bits per heavy atom.